The fourth-order valence-electron chi connectivity index (χ4n) is 5.81. The van der Waals surface area contributed by atoms with E-state index in [1.165, 1.54) is 25.7 Å². The number of rotatable bonds is 13. The molecule has 0 amide bonds. The lowest BCUT2D eigenvalue weighted by Gasteiger charge is -2.29. The average molecular weight is 555 g/mol. The van der Waals surface area contributed by atoms with Gasteiger partial charge < -0.3 is 4.74 Å². The lowest BCUT2D eigenvalue weighted by Crippen LogP contribution is -2.25. The molecule has 216 valence electrons. The van der Waals surface area contributed by atoms with E-state index in [0.717, 1.165) is 44.9 Å². The smallest absolute Gasteiger partial charge is 0.166 e. The maximum Gasteiger partial charge on any atom is 0.166 e. The van der Waals surface area contributed by atoms with Gasteiger partial charge in [-0.25, -0.2) is 17.6 Å². The summed E-state index contributed by atoms with van der Waals surface area (Å²) in [6, 6.07) is 13.0. The first-order chi connectivity index (χ1) is 19.4. The lowest BCUT2D eigenvalue weighted by atomic mass is 9.88. The number of benzene rings is 3. The van der Waals surface area contributed by atoms with E-state index < -0.39 is 23.3 Å². The zero-order valence-electron chi connectivity index (χ0n) is 23.9. The van der Waals surface area contributed by atoms with Crippen LogP contribution in [0, 0.1) is 23.3 Å². The van der Waals surface area contributed by atoms with Crippen molar-refractivity contribution in [2.45, 2.75) is 103 Å². The molecule has 5 heteroatoms. The zero-order valence-corrected chi connectivity index (χ0v) is 23.9. The van der Waals surface area contributed by atoms with Gasteiger partial charge in [-0.15, -0.1) is 0 Å². The van der Waals surface area contributed by atoms with E-state index in [-0.39, 0.29) is 23.1 Å². The van der Waals surface area contributed by atoms with Gasteiger partial charge in [-0.2, -0.15) is 0 Å². The number of ether oxygens (including phenoxy) is 1. The van der Waals surface area contributed by atoms with Gasteiger partial charge in [0.2, 0.25) is 0 Å². The second-order valence-corrected chi connectivity index (χ2v) is 11.2. The Bertz CT molecular complexity index is 1230. The highest BCUT2D eigenvalue weighted by Gasteiger charge is 2.27. The molecule has 1 heterocycles. The average Bonchev–Trinajstić information content (AvgIpc) is 2.97. The number of unbranched alkanes of at least 4 members (excludes halogenated alkanes) is 6. The molecule has 1 aliphatic heterocycles. The summed E-state index contributed by atoms with van der Waals surface area (Å²) in [6.07, 6.45) is 12.2. The van der Waals surface area contributed by atoms with Crippen molar-refractivity contribution < 1.29 is 22.3 Å². The molecule has 0 N–H and O–H groups in total. The van der Waals surface area contributed by atoms with Gasteiger partial charge in [-0.05, 0) is 54.4 Å². The van der Waals surface area contributed by atoms with Crippen LogP contribution in [0.15, 0.2) is 48.5 Å². The van der Waals surface area contributed by atoms with Gasteiger partial charge in [0.1, 0.15) is 0 Å². The van der Waals surface area contributed by atoms with E-state index in [1.807, 2.05) is 0 Å². The van der Waals surface area contributed by atoms with Crippen LogP contribution in [0.1, 0.15) is 102 Å². The summed E-state index contributed by atoms with van der Waals surface area (Å²) in [4.78, 5) is 0. The molecule has 0 aliphatic carbocycles. The van der Waals surface area contributed by atoms with Gasteiger partial charge in [0.15, 0.2) is 23.3 Å². The highest BCUT2D eigenvalue weighted by molar-refractivity contribution is 5.71. The molecular weight excluding hydrogens is 512 g/mol. The van der Waals surface area contributed by atoms with Crippen molar-refractivity contribution >= 4 is 0 Å². The predicted octanol–water partition coefficient (Wildman–Crippen LogP) is 10.9. The Morgan fingerprint density at radius 2 is 1.23 bits per heavy atom. The third-order valence-electron chi connectivity index (χ3n) is 8.25. The van der Waals surface area contributed by atoms with Crippen LogP contribution in [0.4, 0.5) is 17.6 Å². The van der Waals surface area contributed by atoms with Crippen LogP contribution < -0.4 is 0 Å². The molecule has 1 nitrogen and oxygen atoms in total. The van der Waals surface area contributed by atoms with Crippen LogP contribution in [0.2, 0.25) is 0 Å². The molecule has 2 unspecified atom stereocenters. The van der Waals surface area contributed by atoms with E-state index in [9.17, 15) is 8.78 Å². The van der Waals surface area contributed by atoms with Crippen molar-refractivity contribution in [3.05, 3.63) is 82.9 Å². The zero-order chi connectivity index (χ0) is 28.5. The molecule has 40 heavy (non-hydrogen) atoms. The van der Waals surface area contributed by atoms with Crippen molar-refractivity contribution in [1.82, 2.24) is 0 Å². The first kappa shape index (κ1) is 30.3. The minimum Gasteiger partial charge on any atom is -0.378 e. The van der Waals surface area contributed by atoms with Crippen LogP contribution in [0.5, 0.6) is 0 Å². The summed E-state index contributed by atoms with van der Waals surface area (Å²) in [5.74, 6) is -3.57. The minimum absolute atomic E-state index is 0.144. The quantitative estimate of drug-likeness (QED) is 0.151. The molecule has 4 rings (SSSR count). The molecule has 0 radical (unpaired) electrons. The van der Waals surface area contributed by atoms with Gasteiger partial charge >= 0.3 is 0 Å². The van der Waals surface area contributed by atoms with E-state index in [0.29, 0.717) is 35.3 Å². The first-order valence-electron chi connectivity index (χ1n) is 15.1. The van der Waals surface area contributed by atoms with E-state index in [1.54, 1.807) is 48.5 Å². The largest absolute Gasteiger partial charge is 0.378 e. The lowest BCUT2D eigenvalue weighted by molar-refractivity contribution is -0.00181. The van der Waals surface area contributed by atoms with Gasteiger partial charge in [-0.1, -0.05) is 107 Å². The first-order valence-corrected chi connectivity index (χ1v) is 15.1. The fourth-order valence-corrected chi connectivity index (χ4v) is 5.81. The predicted molar refractivity (Wildman–Crippen MR) is 155 cm³/mol. The van der Waals surface area contributed by atoms with Gasteiger partial charge in [0.25, 0.3) is 0 Å². The van der Waals surface area contributed by atoms with Crippen LogP contribution in [0.25, 0.3) is 22.3 Å². The Hall–Kier alpha value is -2.66. The topological polar surface area (TPSA) is 9.23 Å². The molecule has 1 aliphatic rings. The normalized spacial score (nSPS) is 17.4. The summed E-state index contributed by atoms with van der Waals surface area (Å²) in [5, 5.41) is 0. The highest BCUT2D eigenvalue weighted by atomic mass is 19.2. The Morgan fingerprint density at radius 3 is 1.82 bits per heavy atom. The van der Waals surface area contributed by atoms with Gasteiger partial charge in [0, 0.05) is 17.0 Å². The molecule has 3 aromatic rings. The number of hydrogen-bond acceptors (Lipinski definition) is 1. The Labute approximate surface area is 237 Å². The van der Waals surface area contributed by atoms with Crippen LogP contribution >= 0.6 is 0 Å². The van der Waals surface area contributed by atoms with Crippen molar-refractivity contribution in [3.63, 3.8) is 0 Å². The molecule has 0 aromatic heterocycles. The summed E-state index contributed by atoms with van der Waals surface area (Å²) < 4.78 is 66.0. The Morgan fingerprint density at radius 1 is 0.625 bits per heavy atom. The van der Waals surface area contributed by atoms with E-state index >= 15 is 8.78 Å². The maximum absolute atomic E-state index is 15.2. The third kappa shape index (κ3) is 7.34. The molecule has 0 bridgehead atoms. The van der Waals surface area contributed by atoms with Gasteiger partial charge in [-0.3, -0.25) is 0 Å². The summed E-state index contributed by atoms with van der Waals surface area (Å²) in [7, 11) is 0. The number of halogens is 4. The number of aryl methyl sites for hydroxylation is 1. The fraction of sp³-hybridized carbons (Fsp3) is 0.486. The Balaban J connectivity index is 1.42. The van der Waals surface area contributed by atoms with E-state index in [4.69, 9.17) is 4.74 Å². The van der Waals surface area contributed by atoms with Crippen molar-refractivity contribution in [2.75, 3.05) is 6.61 Å². The second-order valence-electron chi connectivity index (χ2n) is 11.2. The van der Waals surface area contributed by atoms with Crippen molar-refractivity contribution in [3.8, 4) is 22.3 Å². The molecule has 1 fully saturated rings. The monoisotopic (exact) mass is 554 g/mol. The number of hydrogen-bond donors (Lipinski definition) is 0. The second kappa shape index (κ2) is 14.8. The Kier molecular flexibility index (Phi) is 11.2. The summed E-state index contributed by atoms with van der Waals surface area (Å²) >= 11 is 0. The molecule has 2 atom stereocenters. The SMILES string of the molecule is CCCCCCCCCc1ccc(-c2ccc(-c3ccc(C4CCC(CCC)OC4)c(F)c3F)cc2)c(F)c1F. The highest BCUT2D eigenvalue weighted by Crippen LogP contribution is 2.36. The van der Waals surface area contributed by atoms with Gasteiger partial charge in [0.05, 0.1) is 12.7 Å². The summed E-state index contributed by atoms with van der Waals surface area (Å²) in [5.41, 5.74) is 2.01. The summed E-state index contributed by atoms with van der Waals surface area (Å²) in [6.45, 7) is 4.69. The van der Waals surface area contributed by atoms with Crippen LogP contribution in [-0.2, 0) is 11.2 Å². The van der Waals surface area contributed by atoms with Crippen LogP contribution in [0.3, 0.4) is 0 Å². The molecular formula is C35H42F4O. The van der Waals surface area contributed by atoms with Crippen molar-refractivity contribution in [1.29, 1.82) is 0 Å². The minimum atomic E-state index is -0.895. The van der Waals surface area contributed by atoms with Crippen LogP contribution in [-0.4, -0.2) is 12.7 Å². The maximum atomic E-state index is 15.2. The molecule has 0 spiro atoms. The molecule has 1 saturated heterocycles. The third-order valence-corrected chi connectivity index (χ3v) is 8.25. The molecule has 3 aromatic carbocycles. The standard InChI is InChI=1S/C35H42F4O/c1-3-5-6-7-8-9-10-12-26-18-20-29(33(37)32(26)36)24-13-15-25(16-14-24)30-21-22-31(35(39)34(30)38)27-17-19-28(11-4-2)40-23-27/h13-16,18,20-22,27-28H,3-12,17,19,23H2,1-2H3. The molecule has 0 saturated carbocycles. The van der Waals surface area contributed by atoms with E-state index in [2.05, 4.69) is 13.8 Å². The van der Waals surface area contributed by atoms with Crippen molar-refractivity contribution in [2.24, 2.45) is 0 Å².